The summed E-state index contributed by atoms with van der Waals surface area (Å²) in [5.74, 6) is -0.706. The number of hydrogen-bond donors (Lipinski definition) is 2. The number of sulfonamides is 1. The molecule has 0 aliphatic carbocycles. The second-order valence-corrected chi connectivity index (χ2v) is 7.11. The molecule has 0 saturated heterocycles. The van der Waals surface area contributed by atoms with E-state index in [9.17, 15) is 12.8 Å². The van der Waals surface area contributed by atoms with Gasteiger partial charge in [-0.25, -0.2) is 12.8 Å². The van der Waals surface area contributed by atoms with Gasteiger partial charge in [0.2, 0.25) is 0 Å². The molecule has 0 aliphatic heterocycles. The van der Waals surface area contributed by atoms with Crippen LogP contribution >= 0.6 is 11.3 Å². The van der Waals surface area contributed by atoms with Gasteiger partial charge in [-0.05, 0) is 38.2 Å². The Bertz CT molecular complexity index is 686. The highest BCUT2D eigenvalue weighted by molar-refractivity contribution is 7.94. The van der Waals surface area contributed by atoms with Crippen LogP contribution in [0.15, 0.2) is 34.8 Å². The standard InChI is InChI=1S/C12H14FN3O2S2/c1-14-6-4-9-2-3-12(19-9)20(17,18)16-11-5-7-15-8-10(11)13/h2-3,5,7-8,14H,4,6H2,1H3,(H,15,16). The van der Waals surface area contributed by atoms with Crippen molar-refractivity contribution in [2.45, 2.75) is 10.6 Å². The largest absolute Gasteiger partial charge is 0.319 e. The third-order valence-electron chi connectivity index (χ3n) is 2.54. The Kier molecular flexibility index (Phi) is 4.69. The van der Waals surface area contributed by atoms with Crippen molar-refractivity contribution in [3.05, 3.63) is 41.3 Å². The van der Waals surface area contributed by atoms with Gasteiger partial charge in [0.05, 0.1) is 11.9 Å². The lowest BCUT2D eigenvalue weighted by molar-refractivity contribution is 0.599. The highest BCUT2D eigenvalue weighted by Crippen LogP contribution is 2.25. The Morgan fingerprint density at radius 3 is 2.85 bits per heavy atom. The molecule has 20 heavy (non-hydrogen) atoms. The van der Waals surface area contributed by atoms with E-state index >= 15 is 0 Å². The minimum atomic E-state index is -3.76. The maximum atomic E-state index is 13.4. The Hall–Kier alpha value is -1.51. The SMILES string of the molecule is CNCCc1ccc(S(=O)(=O)Nc2ccncc2F)s1. The fraction of sp³-hybridized carbons (Fsp3) is 0.250. The van der Waals surface area contributed by atoms with Gasteiger partial charge in [0.15, 0.2) is 5.82 Å². The Morgan fingerprint density at radius 2 is 2.15 bits per heavy atom. The summed E-state index contributed by atoms with van der Waals surface area (Å²) >= 11 is 1.18. The molecule has 0 atom stereocenters. The third-order valence-corrected chi connectivity index (χ3v) is 5.54. The molecule has 0 aromatic carbocycles. The van der Waals surface area contributed by atoms with Crippen molar-refractivity contribution >= 4 is 27.0 Å². The van der Waals surface area contributed by atoms with Crippen LogP contribution in [0, 0.1) is 5.82 Å². The smallest absolute Gasteiger partial charge is 0.271 e. The van der Waals surface area contributed by atoms with Crippen LogP contribution in [0.3, 0.4) is 0 Å². The quantitative estimate of drug-likeness (QED) is 0.853. The van der Waals surface area contributed by atoms with E-state index in [0.717, 1.165) is 24.0 Å². The van der Waals surface area contributed by atoms with Crippen molar-refractivity contribution in [3.63, 3.8) is 0 Å². The fourth-order valence-electron chi connectivity index (χ4n) is 1.54. The lowest BCUT2D eigenvalue weighted by Gasteiger charge is -2.06. The summed E-state index contributed by atoms with van der Waals surface area (Å²) in [6.07, 6.45) is 3.04. The minimum Gasteiger partial charge on any atom is -0.319 e. The molecule has 0 unspecified atom stereocenters. The fourth-order valence-corrected chi connectivity index (χ4v) is 3.96. The zero-order valence-electron chi connectivity index (χ0n) is 10.8. The predicted octanol–water partition coefficient (Wildman–Crippen LogP) is 1.84. The van der Waals surface area contributed by atoms with Gasteiger partial charge in [-0.15, -0.1) is 11.3 Å². The van der Waals surface area contributed by atoms with E-state index in [1.807, 2.05) is 7.05 Å². The molecule has 2 heterocycles. The number of nitrogens with one attached hydrogen (secondary N) is 2. The number of likely N-dealkylation sites (N-methyl/N-ethyl adjacent to an activating group) is 1. The molecule has 0 fully saturated rings. The summed E-state index contributed by atoms with van der Waals surface area (Å²) in [5, 5.41) is 3.00. The van der Waals surface area contributed by atoms with Crippen molar-refractivity contribution in [3.8, 4) is 0 Å². The second-order valence-electron chi connectivity index (χ2n) is 4.04. The molecule has 0 bridgehead atoms. The third kappa shape index (κ3) is 3.53. The number of nitrogens with zero attached hydrogens (tertiary/aromatic N) is 1. The number of aromatic nitrogens is 1. The number of halogens is 1. The molecular formula is C12H14FN3O2S2. The topological polar surface area (TPSA) is 71.1 Å². The minimum absolute atomic E-state index is 0.106. The van der Waals surface area contributed by atoms with Crippen molar-refractivity contribution < 1.29 is 12.8 Å². The van der Waals surface area contributed by atoms with Crippen LogP contribution < -0.4 is 10.0 Å². The van der Waals surface area contributed by atoms with Gasteiger partial charge in [0.1, 0.15) is 4.21 Å². The molecular weight excluding hydrogens is 301 g/mol. The monoisotopic (exact) mass is 315 g/mol. The van der Waals surface area contributed by atoms with Crippen LogP contribution in [-0.2, 0) is 16.4 Å². The first-order chi connectivity index (χ1) is 9.53. The van der Waals surface area contributed by atoms with Crippen molar-refractivity contribution in [1.82, 2.24) is 10.3 Å². The first kappa shape index (κ1) is 14.9. The molecule has 0 amide bonds. The number of hydrogen-bond acceptors (Lipinski definition) is 5. The van der Waals surface area contributed by atoms with Crippen molar-refractivity contribution in [1.29, 1.82) is 0 Å². The van der Waals surface area contributed by atoms with E-state index in [4.69, 9.17) is 0 Å². The van der Waals surface area contributed by atoms with E-state index in [1.165, 1.54) is 29.7 Å². The molecule has 8 heteroatoms. The molecule has 0 radical (unpaired) electrons. The lowest BCUT2D eigenvalue weighted by Crippen LogP contribution is -2.12. The van der Waals surface area contributed by atoms with Gasteiger partial charge in [0.25, 0.3) is 10.0 Å². The molecule has 2 aromatic heterocycles. The normalized spacial score (nSPS) is 11.5. The maximum Gasteiger partial charge on any atom is 0.271 e. The van der Waals surface area contributed by atoms with Gasteiger partial charge < -0.3 is 5.32 Å². The van der Waals surface area contributed by atoms with E-state index in [2.05, 4.69) is 15.0 Å². The van der Waals surface area contributed by atoms with Crippen molar-refractivity contribution in [2.75, 3.05) is 18.3 Å². The molecule has 0 spiro atoms. The van der Waals surface area contributed by atoms with Crippen LogP contribution in [0.2, 0.25) is 0 Å². The maximum absolute atomic E-state index is 13.4. The molecule has 2 aromatic rings. The van der Waals surface area contributed by atoms with Gasteiger partial charge in [-0.3, -0.25) is 9.71 Å². The lowest BCUT2D eigenvalue weighted by atomic mass is 10.3. The van der Waals surface area contributed by atoms with Crippen LogP contribution in [0.25, 0.3) is 0 Å². The molecule has 2 rings (SSSR count). The summed E-state index contributed by atoms with van der Waals surface area (Å²) in [4.78, 5) is 4.52. The number of thiophene rings is 1. The molecule has 0 saturated carbocycles. The summed E-state index contributed by atoms with van der Waals surface area (Å²) in [6.45, 7) is 0.770. The average Bonchev–Trinajstić information content (AvgIpc) is 2.88. The molecule has 0 aliphatic rings. The molecule has 108 valence electrons. The van der Waals surface area contributed by atoms with E-state index in [1.54, 1.807) is 6.07 Å². The summed E-state index contributed by atoms with van der Waals surface area (Å²) in [6, 6.07) is 4.57. The van der Waals surface area contributed by atoms with E-state index < -0.39 is 15.8 Å². The van der Waals surface area contributed by atoms with Gasteiger partial charge >= 0.3 is 0 Å². The first-order valence-corrected chi connectivity index (χ1v) is 8.18. The number of anilines is 1. The van der Waals surface area contributed by atoms with Crippen LogP contribution in [0.4, 0.5) is 10.1 Å². The zero-order chi connectivity index (χ0) is 14.6. The highest BCUT2D eigenvalue weighted by atomic mass is 32.2. The molecule has 5 nitrogen and oxygen atoms in total. The number of rotatable bonds is 6. The number of pyridine rings is 1. The second kappa shape index (κ2) is 6.29. The average molecular weight is 315 g/mol. The first-order valence-electron chi connectivity index (χ1n) is 5.88. The Balaban J connectivity index is 2.18. The highest BCUT2D eigenvalue weighted by Gasteiger charge is 2.18. The summed E-state index contributed by atoms with van der Waals surface area (Å²) in [5.41, 5.74) is -0.106. The zero-order valence-corrected chi connectivity index (χ0v) is 12.4. The van der Waals surface area contributed by atoms with Crippen LogP contribution in [0.1, 0.15) is 4.88 Å². The van der Waals surface area contributed by atoms with Gasteiger partial charge in [-0.1, -0.05) is 0 Å². The van der Waals surface area contributed by atoms with E-state index in [-0.39, 0.29) is 9.90 Å². The van der Waals surface area contributed by atoms with Crippen molar-refractivity contribution in [2.24, 2.45) is 0 Å². The van der Waals surface area contributed by atoms with E-state index in [0.29, 0.717) is 0 Å². The Morgan fingerprint density at radius 1 is 1.35 bits per heavy atom. The predicted molar refractivity (Wildman–Crippen MR) is 77.0 cm³/mol. The van der Waals surface area contributed by atoms with Crippen LogP contribution in [-0.4, -0.2) is 27.0 Å². The summed E-state index contributed by atoms with van der Waals surface area (Å²) < 4.78 is 40.1. The van der Waals surface area contributed by atoms with Gasteiger partial charge in [0, 0.05) is 11.1 Å². The van der Waals surface area contributed by atoms with Crippen LogP contribution in [0.5, 0.6) is 0 Å². The summed E-state index contributed by atoms with van der Waals surface area (Å²) in [7, 11) is -1.93. The molecule has 2 N–H and O–H groups in total. The Labute approximate surface area is 120 Å². The van der Waals surface area contributed by atoms with Gasteiger partial charge in [-0.2, -0.15) is 0 Å².